The van der Waals surface area contributed by atoms with Gasteiger partial charge in [-0.2, -0.15) is 0 Å². The summed E-state index contributed by atoms with van der Waals surface area (Å²) < 4.78 is 0. The second kappa shape index (κ2) is 6.67. The molecule has 0 spiro atoms. The molecular formula is C21H20N6O. The number of fused-ring (bicyclic) bond motifs is 1. The lowest BCUT2D eigenvalue weighted by atomic mass is 10.1. The molecule has 1 N–H and O–H groups in total. The van der Waals surface area contributed by atoms with Crippen molar-refractivity contribution in [1.82, 2.24) is 19.9 Å². The number of amides is 1. The number of carbonyl (C=O) groups is 1. The van der Waals surface area contributed by atoms with Crippen LogP contribution in [0.5, 0.6) is 0 Å². The van der Waals surface area contributed by atoms with Crippen LogP contribution in [-0.2, 0) is 4.79 Å². The first-order valence-electron chi connectivity index (χ1n) is 9.45. The van der Waals surface area contributed by atoms with Crippen molar-refractivity contribution in [2.24, 2.45) is 5.92 Å². The summed E-state index contributed by atoms with van der Waals surface area (Å²) >= 11 is 0. The van der Waals surface area contributed by atoms with E-state index in [9.17, 15) is 4.79 Å². The fourth-order valence-corrected chi connectivity index (χ4v) is 4.01. The first-order valence-corrected chi connectivity index (χ1v) is 9.45. The van der Waals surface area contributed by atoms with Gasteiger partial charge in [0, 0.05) is 42.1 Å². The number of nitrogens with one attached hydrogen (secondary N) is 1. The van der Waals surface area contributed by atoms with Gasteiger partial charge in [0.25, 0.3) is 0 Å². The van der Waals surface area contributed by atoms with E-state index >= 15 is 0 Å². The highest BCUT2D eigenvalue weighted by Gasteiger charge is 2.55. The number of hydrogen-bond acceptors (Lipinski definition) is 6. The fraction of sp³-hybridized carbons (Fsp3) is 0.286. The predicted molar refractivity (Wildman–Crippen MR) is 106 cm³/mol. The van der Waals surface area contributed by atoms with Gasteiger partial charge in [0.2, 0.25) is 11.9 Å². The molecule has 3 aromatic rings. The normalized spacial score (nSPS) is 22.6. The molecule has 7 heteroatoms. The van der Waals surface area contributed by atoms with Crippen LogP contribution in [0.15, 0.2) is 55.1 Å². The zero-order valence-corrected chi connectivity index (χ0v) is 15.5. The standard InChI is InChI=1S/C21H20N6O/c1-13-4-5-15(12-16(13)19-22-6-2-7-23-19)26-20(28)18-11-14-10-17(14)27(18)21-24-8-3-9-25-21/h2-9,12,14,17-18H,10-11H2,1H3,(H,26,28)/t14-,17?,18?/m0/s1. The van der Waals surface area contributed by atoms with E-state index in [1.807, 2.05) is 25.1 Å². The van der Waals surface area contributed by atoms with Gasteiger partial charge in [0.15, 0.2) is 5.82 Å². The molecule has 7 nitrogen and oxygen atoms in total. The molecule has 1 saturated heterocycles. The predicted octanol–water partition coefficient (Wildman–Crippen LogP) is 2.85. The van der Waals surface area contributed by atoms with Crippen molar-refractivity contribution in [3.8, 4) is 11.4 Å². The van der Waals surface area contributed by atoms with Crippen molar-refractivity contribution in [2.45, 2.75) is 31.8 Å². The van der Waals surface area contributed by atoms with Gasteiger partial charge in [-0.15, -0.1) is 0 Å². The summed E-state index contributed by atoms with van der Waals surface area (Å²) in [5.41, 5.74) is 2.72. The van der Waals surface area contributed by atoms with Gasteiger partial charge in [0.05, 0.1) is 0 Å². The van der Waals surface area contributed by atoms with E-state index in [-0.39, 0.29) is 11.9 Å². The lowest BCUT2D eigenvalue weighted by Gasteiger charge is -2.26. The second-order valence-electron chi connectivity index (χ2n) is 7.36. The molecule has 1 amide bonds. The minimum atomic E-state index is -0.246. The van der Waals surface area contributed by atoms with Crippen molar-refractivity contribution < 1.29 is 4.79 Å². The van der Waals surface area contributed by atoms with Crippen molar-refractivity contribution >= 4 is 17.5 Å². The molecule has 3 heterocycles. The molecule has 1 saturated carbocycles. The molecule has 140 valence electrons. The SMILES string of the molecule is Cc1ccc(NC(=O)C2C[C@@H]3CC3N2c2ncccn2)cc1-c1ncccn1. The highest BCUT2D eigenvalue weighted by molar-refractivity contribution is 5.98. The molecule has 1 aromatic carbocycles. The number of rotatable bonds is 4. The number of benzene rings is 1. The van der Waals surface area contributed by atoms with Crippen LogP contribution < -0.4 is 10.2 Å². The Hall–Kier alpha value is -3.35. The first kappa shape index (κ1) is 16.8. The van der Waals surface area contributed by atoms with Crippen LogP contribution in [0.3, 0.4) is 0 Å². The van der Waals surface area contributed by atoms with E-state index in [0.29, 0.717) is 23.7 Å². The summed E-state index contributed by atoms with van der Waals surface area (Å²) in [5.74, 6) is 1.82. The summed E-state index contributed by atoms with van der Waals surface area (Å²) in [4.78, 5) is 32.5. The maximum Gasteiger partial charge on any atom is 0.247 e. The van der Waals surface area contributed by atoms with Crippen LogP contribution in [-0.4, -0.2) is 37.9 Å². The molecular weight excluding hydrogens is 352 g/mol. The number of piperidine rings is 1. The maximum absolute atomic E-state index is 13.1. The van der Waals surface area contributed by atoms with Crippen molar-refractivity contribution in [2.75, 3.05) is 10.2 Å². The molecule has 3 atom stereocenters. The van der Waals surface area contributed by atoms with E-state index in [4.69, 9.17) is 0 Å². The van der Waals surface area contributed by atoms with Gasteiger partial charge in [-0.3, -0.25) is 4.79 Å². The van der Waals surface area contributed by atoms with Crippen LogP contribution in [0.1, 0.15) is 18.4 Å². The second-order valence-corrected chi connectivity index (χ2v) is 7.36. The minimum absolute atomic E-state index is 0.0246. The summed E-state index contributed by atoms with van der Waals surface area (Å²) in [5, 5.41) is 3.07. The third kappa shape index (κ3) is 2.98. The number of aromatic nitrogens is 4. The molecule has 1 aliphatic heterocycles. The highest BCUT2D eigenvalue weighted by Crippen LogP contribution is 2.49. The summed E-state index contributed by atoms with van der Waals surface area (Å²) in [6.07, 6.45) is 8.83. The molecule has 5 rings (SSSR count). The zero-order valence-electron chi connectivity index (χ0n) is 15.5. The van der Waals surface area contributed by atoms with Crippen molar-refractivity contribution in [3.05, 3.63) is 60.7 Å². The van der Waals surface area contributed by atoms with E-state index in [1.54, 1.807) is 36.9 Å². The average molecular weight is 372 g/mol. The average Bonchev–Trinajstić information content (AvgIpc) is 3.40. The van der Waals surface area contributed by atoms with Gasteiger partial charge < -0.3 is 10.2 Å². The van der Waals surface area contributed by atoms with Gasteiger partial charge >= 0.3 is 0 Å². The Balaban J connectivity index is 1.39. The number of hydrogen-bond donors (Lipinski definition) is 1. The maximum atomic E-state index is 13.1. The molecule has 2 aromatic heterocycles. The highest BCUT2D eigenvalue weighted by atomic mass is 16.2. The van der Waals surface area contributed by atoms with Gasteiger partial charge in [-0.25, -0.2) is 19.9 Å². The topological polar surface area (TPSA) is 83.9 Å². The Morgan fingerprint density at radius 3 is 2.50 bits per heavy atom. The molecule has 0 radical (unpaired) electrons. The Labute approximate surface area is 162 Å². The van der Waals surface area contributed by atoms with Gasteiger partial charge in [0.1, 0.15) is 6.04 Å². The van der Waals surface area contributed by atoms with E-state index in [1.165, 1.54) is 0 Å². The molecule has 2 aliphatic rings. The van der Waals surface area contributed by atoms with Crippen LogP contribution in [0, 0.1) is 12.8 Å². The van der Waals surface area contributed by atoms with Crippen LogP contribution in [0.2, 0.25) is 0 Å². The fourth-order valence-electron chi connectivity index (χ4n) is 4.01. The van der Waals surface area contributed by atoms with E-state index < -0.39 is 0 Å². The number of nitrogens with zero attached hydrogens (tertiary/aromatic N) is 5. The summed E-state index contributed by atoms with van der Waals surface area (Å²) in [6.45, 7) is 2.01. The zero-order chi connectivity index (χ0) is 19.1. The summed E-state index contributed by atoms with van der Waals surface area (Å²) in [7, 11) is 0. The summed E-state index contributed by atoms with van der Waals surface area (Å²) in [6, 6.07) is 9.54. The van der Waals surface area contributed by atoms with Crippen LogP contribution in [0.4, 0.5) is 11.6 Å². The van der Waals surface area contributed by atoms with Crippen LogP contribution in [0.25, 0.3) is 11.4 Å². The molecule has 28 heavy (non-hydrogen) atoms. The number of carbonyl (C=O) groups excluding carboxylic acids is 1. The van der Waals surface area contributed by atoms with Gasteiger partial charge in [-0.05, 0) is 55.5 Å². The van der Waals surface area contributed by atoms with Gasteiger partial charge in [-0.1, -0.05) is 6.07 Å². The van der Waals surface area contributed by atoms with E-state index in [0.717, 1.165) is 29.7 Å². The first-order chi connectivity index (χ1) is 13.7. The Morgan fingerprint density at radius 1 is 1.04 bits per heavy atom. The third-order valence-corrected chi connectivity index (χ3v) is 5.50. The van der Waals surface area contributed by atoms with Crippen molar-refractivity contribution in [3.63, 3.8) is 0 Å². The Bertz CT molecular complexity index is 1010. The Morgan fingerprint density at radius 2 is 1.75 bits per heavy atom. The Kier molecular flexibility index (Phi) is 4.00. The number of anilines is 2. The molecule has 1 aliphatic carbocycles. The lowest BCUT2D eigenvalue weighted by molar-refractivity contribution is -0.117. The van der Waals surface area contributed by atoms with Crippen molar-refractivity contribution in [1.29, 1.82) is 0 Å². The minimum Gasteiger partial charge on any atom is -0.325 e. The smallest absolute Gasteiger partial charge is 0.247 e. The molecule has 2 unspecified atom stereocenters. The lowest BCUT2D eigenvalue weighted by Crippen LogP contribution is -2.43. The number of aryl methyl sites for hydroxylation is 1. The quantitative estimate of drug-likeness (QED) is 0.758. The largest absolute Gasteiger partial charge is 0.325 e. The molecule has 2 fully saturated rings. The third-order valence-electron chi connectivity index (χ3n) is 5.50. The monoisotopic (exact) mass is 372 g/mol. The van der Waals surface area contributed by atoms with Crippen LogP contribution >= 0.6 is 0 Å². The van der Waals surface area contributed by atoms with E-state index in [2.05, 4.69) is 30.2 Å². The molecule has 0 bridgehead atoms.